The first-order chi connectivity index (χ1) is 30.3. The molecule has 0 aromatic heterocycles. The zero-order chi connectivity index (χ0) is 51.3. The van der Waals surface area contributed by atoms with Gasteiger partial charge < -0.3 is 25.6 Å². The predicted octanol–water partition coefficient (Wildman–Crippen LogP) is 12.8. The molecule has 0 radical (unpaired) electrons. The van der Waals surface area contributed by atoms with Gasteiger partial charge in [0.15, 0.2) is 5.78 Å². The predicted molar refractivity (Wildman–Crippen MR) is 201 cm³/mol. The van der Waals surface area contributed by atoms with Gasteiger partial charge in [0.2, 0.25) is 5.41 Å². The summed E-state index contributed by atoms with van der Waals surface area (Å²) in [7, 11) is 0. The highest BCUT2D eigenvalue weighted by Gasteiger charge is 2.74. The second kappa shape index (κ2) is 18.1. The Morgan fingerprint density at radius 2 is 0.881 bits per heavy atom. The van der Waals surface area contributed by atoms with Crippen molar-refractivity contribution in [2.45, 2.75) is 93.8 Å². The fourth-order valence-corrected chi connectivity index (χ4v) is 6.71. The van der Waals surface area contributed by atoms with E-state index in [-0.39, 0.29) is 54.4 Å². The zero-order valence-electron chi connectivity index (χ0n) is 34.4. The highest BCUT2D eigenvalue weighted by Crippen LogP contribution is 2.57. The number of alkyl halides is 18. The second-order valence-corrected chi connectivity index (χ2v) is 15.3. The number of hydrogen-bond donors (Lipinski definition) is 4. The van der Waals surface area contributed by atoms with Gasteiger partial charge in [0.05, 0.1) is 0 Å². The lowest BCUT2D eigenvalue weighted by Crippen LogP contribution is -2.54. The van der Waals surface area contributed by atoms with Gasteiger partial charge in [-0.2, -0.15) is 79.0 Å². The first kappa shape index (κ1) is 53.9. The van der Waals surface area contributed by atoms with Crippen LogP contribution in [-0.4, -0.2) is 65.0 Å². The van der Waals surface area contributed by atoms with Gasteiger partial charge >= 0.3 is 37.1 Å². The number of Topliss-reactive ketones (excluding diaryl/α,β-unsaturated/α-hetero) is 1. The Labute approximate surface area is 366 Å². The highest BCUT2D eigenvalue weighted by molar-refractivity contribution is 6.05. The lowest BCUT2D eigenvalue weighted by Gasteiger charge is -2.38. The van der Waals surface area contributed by atoms with E-state index in [1.54, 1.807) is 0 Å². The summed E-state index contributed by atoms with van der Waals surface area (Å²) in [6.07, 6.45) is -38.9. The molecule has 4 N–H and O–H groups in total. The zero-order valence-corrected chi connectivity index (χ0v) is 34.4. The van der Waals surface area contributed by atoms with E-state index >= 15 is 0 Å². The van der Waals surface area contributed by atoms with Crippen LogP contribution in [-0.2, 0) is 16.6 Å². The number of ether oxygens (including phenoxy) is 1. The highest BCUT2D eigenvalue weighted by atomic mass is 19.4. The third kappa shape index (κ3) is 9.84. The molecular weight excluding hydrogens is 954 g/mol. The first-order valence-corrected chi connectivity index (χ1v) is 19.0. The molecule has 25 heteroatoms. The van der Waals surface area contributed by atoms with Gasteiger partial charge in [0.25, 0.3) is 17.1 Å². The number of nitrogens with one attached hydrogen (secondary N) is 2. The number of anilines is 2. The number of aliphatic hydroxyl groups is 2. The number of halogens is 18. The molecule has 4 aromatic carbocycles. The summed E-state index contributed by atoms with van der Waals surface area (Å²) in [5.41, 5.74) is -27.8. The summed E-state index contributed by atoms with van der Waals surface area (Å²) in [6.45, 7) is 5.58. The van der Waals surface area contributed by atoms with E-state index < -0.39 is 128 Å². The fraction of sp³-hybridized carbons (Fsp3) is 0.381. The quantitative estimate of drug-likeness (QED) is 0.0785. The Balaban J connectivity index is 1.87. The molecule has 0 aliphatic rings. The average Bonchev–Trinajstić information content (AvgIpc) is 3.18. The fourth-order valence-electron chi connectivity index (χ4n) is 6.71. The molecule has 7 nitrogen and oxygen atoms in total. The van der Waals surface area contributed by atoms with Gasteiger partial charge in [0, 0.05) is 45.6 Å². The summed E-state index contributed by atoms with van der Waals surface area (Å²) >= 11 is 0. The van der Waals surface area contributed by atoms with Gasteiger partial charge in [-0.25, -0.2) is 0 Å². The number of benzene rings is 4. The van der Waals surface area contributed by atoms with E-state index in [0.717, 1.165) is 0 Å². The molecular formula is C42H34F18N2O5. The molecule has 0 saturated carbocycles. The van der Waals surface area contributed by atoms with Crippen LogP contribution in [0.1, 0.15) is 77.1 Å². The van der Waals surface area contributed by atoms with E-state index in [4.69, 9.17) is 4.74 Å². The monoisotopic (exact) mass is 988 g/mol. The topological polar surface area (TPSA) is 108 Å². The van der Waals surface area contributed by atoms with Crippen molar-refractivity contribution in [1.29, 1.82) is 0 Å². The minimum absolute atomic E-state index is 0.0838. The summed E-state index contributed by atoms with van der Waals surface area (Å²) in [4.78, 5) is 25.6. The van der Waals surface area contributed by atoms with Crippen LogP contribution in [0.5, 0.6) is 11.5 Å². The van der Waals surface area contributed by atoms with Crippen LogP contribution in [0.3, 0.4) is 0 Å². The number of rotatable bonds is 13. The van der Waals surface area contributed by atoms with Crippen molar-refractivity contribution in [2.24, 2.45) is 5.92 Å². The number of ketones is 1. The molecule has 0 saturated heterocycles. The molecule has 0 fully saturated rings. The number of carbonyl (C=O) groups excluding carboxylic acids is 2. The molecule has 0 bridgehead atoms. The van der Waals surface area contributed by atoms with Crippen molar-refractivity contribution in [1.82, 2.24) is 0 Å². The summed E-state index contributed by atoms with van der Waals surface area (Å²) in [6, 6.07) is 3.43. The average molecular weight is 989 g/mol. The lowest BCUT2D eigenvalue weighted by atomic mass is 9.72. The van der Waals surface area contributed by atoms with Crippen LogP contribution in [0.4, 0.5) is 90.4 Å². The molecule has 1 unspecified atom stereocenters. The van der Waals surface area contributed by atoms with E-state index in [1.165, 1.54) is 33.0 Å². The molecule has 1 atom stereocenters. The van der Waals surface area contributed by atoms with Crippen LogP contribution in [0.15, 0.2) is 84.9 Å². The van der Waals surface area contributed by atoms with E-state index in [2.05, 4.69) is 5.32 Å². The van der Waals surface area contributed by atoms with Crippen LogP contribution >= 0.6 is 0 Å². The van der Waals surface area contributed by atoms with E-state index in [1.807, 2.05) is 0 Å². The molecule has 4 aromatic rings. The third-order valence-electron chi connectivity index (χ3n) is 10.5. The molecule has 0 spiro atoms. The number of hydrogen-bond acceptors (Lipinski definition) is 6. The smallest absolute Gasteiger partial charge is 0.430 e. The Morgan fingerprint density at radius 3 is 1.22 bits per heavy atom. The van der Waals surface area contributed by atoms with Crippen LogP contribution in [0.2, 0.25) is 0 Å². The molecule has 67 heavy (non-hydrogen) atoms. The lowest BCUT2D eigenvalue weighted by molar-refractivity contribution is -0.376. The van der Waals surface area contributed by atoms with Gasteiger partial charge in [-0.1, -0.05) is 57.2 Å². The molecule has 0 aliphatic carbocycles. The first-order valence-electron chi connectivity index (χ1n) is 19.0. The Kier molecular flexibility index (Phi) is 14.5. The van der Waals surface area contributed by atoms with Gasteiger partial charge in [0.1, 0.15) is 11.5 Å². The Bertz CT molecular complexity index is 2380. The normalized spacial score (nSPS) is 14.2. The van der Waals surface area contributed by atoms with Gasteiger partial charge in [-0.3, -0.25) is 9.59 Å². The van der Waals surface area contributed by atoms with E-state index in [9.17, 15) is 98.8 Å². The van der Waals surface area contributed by atoms with Crippen molar-refractivity contribution < 1.29 is 104 Å². The largest absolute Gasteiger partial charge is 0.457 e. The molecule has 368 valence electrons. The third-order valence-corrected chi connectivity index (χ3v) is 10.5. The van der Waals surface area contributed by atoms with Crippen LogP contribution < -0.4 is 15.4 Å². The van der Waals surface area contributed by atoms with Crippen LogP contribution in [0, 0.1) is 5.92 Å². The van der Waals surface area contributed by atoms with Crippen molar-refractivity contribution >= 4 is 23.1 Å². The van der Waals surface area contributed by atoms with Crippen molar-refractivity contribution in [3.63, 3.8) is 0 Å². The van der Waals surface area contributed by atoms with Crippen molar-refractivity contribution in [3.05, 3.63) is 118 Å². The maximum absolute atomic E-state index is 14.8. The summed E-state index contributed by atoms with van der Waals surface area (Å²) in [5, 5.41) is 24.4. The molecule has 1 amide bonds. The standard InChI is InChI=1S/C42H34F18N2O5/c1-5-21(4)61-30-16-14-26(18-28(30)35(65,39(49,50)51)40(52,53)54)67-27-15-17-31(29(19-27)36(66,41(55,56)57)42(58,59)60)62-33(64)23-8-12-25(13-9-23)34(37(43,44)45,38(46,47)48)24-10-6-22(7-11-24)32(63)20(2)3/h6-21,61,65-66H,5H2,1-4H3,(H,62,64). The minimum Gasteiger partial charge on any atom is -0.457 e. The van der Waals surface area contributed by atoms with Crippen LogP contribution in [0.25, 0.3) is 0 Å². The Morgan fingerprint density at radius 1 is 0.522 bits per heavy atom. The summed E-state index contributed by atoms with van der Waals surface area (Å²) < 4.78 is 263. The maximum atomic E-state index is 14.8. The number of amides is 1. The summed E-state index contributed by atoms with van der Waals surface area (Å²) in [5.74, 6) is -5.65. The molecule has 0 heterocycles. The van der Waals surface area contributed by atoms with Crippen molar-refractivity contribution in [3.8, 4) is 11.5 Å². The van der Waals surface area contributed by atoms with E-state index in [0.29, 0.717) is 42.5 Å². The van der Waals surface area contributed by atoms with Crippen molar-refractivity contribution in [2.75, 3.05) is 10.6 Å². The van der Waals surface area contributed by atoms with Gasteiger partial charge in [-0.15, -0.1) is 0 Å². The Hall–Kier alpha value is -5.72. The number of carbonyl (C=O) groups is 2. The van der Waals surface area contributed by atoms with Gasteiger partial charge in [-0.05, 0) is 73.0 Å². The second-order valence-electron chi connectivity index (χ2n) is 15.3. The minimum atomic E-state index is -6.77. The SMILES string of the molecule is CCC(C)Nc1ccc(Oc2ccc(NC(=O)c3ccc(C(c4ccc(C(=O)C(C)C)cc4)(C(F)(F)F)C(F)(F)F)cc3)c(C(O)(C(F)(F)F)C(F)(F)F)c2)cc1C(O)(C(F)(F)F)C(F)(F)F. The maximum Gasteiger partial charge on any atom is 0.430 e. The molecule has 4 rings (SSSR count). The molecule has 0 aliphatic heterocycles.